The summed E-state index contributed by atoms with van der Waals surface area (Å²) in [5.74, 6) is -0.181. The third kappa shape index (κ3) is 3.70. The van der Waals surface area contributed by atoms with Crippen molar-refractivity contribution in [3.63, 3.8) is 0 Å². The SMILES string of the molecule is COCCC1COc2c(S(=N)(N)=O)c(C(=O)Nc3c4c(cc5c3CCC5)CCC4)nn2C1. The van der Waals surface area contributed by atoms with Crippen molar-refractivity contribution in [2.24, 2.45) is 11.1 Å². The summed E-state index contributed by atoms with van der Waals surface area (Å²) < 4.78 is 33.1. The molecule has 2 heterocycles. The van der Waals surface area contributed by atoms with E-state index in [-0.39, 0.29) is 22.4 Å². The average molecular weight is 460 g/mol. The molecule has 3 aliphatic rings. The lowest BCUT2D eigenvalue weighted by molar-refractivity contribution is 0.101. The molecule has 2 aromatic rings. The Kier molecular flexibility index (Phi) is 5.47. The van der Waals surface area contributed by atoms with Crippen molar-refractivity contribution in [1.29, 1.82) is 4.78 Å². The summed E-state index contributed by atoms with van der Waals surface area (Å²) in [7, 11) is -2.08. The van der Waals surface area contributed by atoms with Gasteiger partial charge in [0.25, 0.3) is 5.91 Å². The highest BCUT2D eigenvalue weighted by Gasteiger charge is 2.34. The molecule has 10 heteroatoms. The van der Waals surface area contributed by atoms with Crippen LogP contribution >= 0.6 is 0 Å². The average Bonchev–Trinajstić information content (AvgIpc) is 3.48. The number of aryl methyl sites for hydroxylation is 2. The van der Waals surface area contributed by atoms with Gasteiger partial charge in [0, 0.05) is 25.3 Å². The second-order valence-electron chi connectivity index (χ2n) is 8.91. The van der Waals surface area contributed by atoms with Crippen LogP contribution in [-0.4, -0.2) is 40.2 Å². The molecule has 1 aliphatic heterocycles. The van der Waals surface area contributed by atoms with E-state index in [0.717, 1.165) is 50.6 Å². The summed E-state index contributed by atoms with van der Waals surface area (Å²) in [6.45, 7) is 1.45. The maximum Gasteiger partial charge on any atom is 0.277 e. The van der Waals surface area contributed by atoms with E-state index in [4.69, 9.17) is 19.4 Å². The molecule has 0 bridgehead atoms. The first-order valence-corrected chi connectivity index (χ1v) is 12.8. The lowest BCUT2D eigenvalue weighted by atomic mass is 9.98. The smallest absolute Gasteiger partial charge is 0.277 e. The Morgan fingerprint density at radius 3 is 2.62 bits per heavy atom. The number of hydrogen-bond acceptors (Lipinski definition) is 6. The predicted molar refractivity (Wildman–Crippen MR) is 119 cm³/mol. The van der Waals surface area contributed by atoms with Crippen LogP contribution < -0.4 is 15.2 Å². The van der Waals surface area contributed by atoms with E-state index in [0.29, 0.717) is 19.8 Å². The molecule has 5 rings (SSSR count). The number of amides is 1. The molecular weight excluding hydrogens is 430 g/mol. The van der Waals surface area contributed by atoms with Crippen molar-refractivity contribution < 1.29 is 18.5 Å². The zero-order valence-electron chi connectivity index (χ0n) is 18.2. The standard InChI is InChI=1S/C22H29N5O4S/c1-30-9-8-13-11-27-22(31-12-13)20(32(23,24)29)19(26-27)21(28)25-18-16-6-2-4-14(16)10-15-5-3-7-17(15)18/h10,13H,2-9,11-12H2,1H3,(H,25,28)(H3,23,24,29). The highest BCUT2D eigenvalue weighted by atomic mass is 32.2. The number of nitrogens with zero attached hydrogens (tertiary/aromatic N) is 2. The maximum absolute atomic E-state index is 13.4. The molecular formula is C22H29N5O4S. The van der Waals surface area contributed by atoms with Crippen molar-refractivity contribution >= 4 is 21.5 Å². The number of ether oxygens (including phenoxy) is 2. The summed E-state index contributed by atoms with van der Waals surface area (Å²) in [5.41, 5.74) is 5.79. The highest BCUT2D eigenvalue weighted by Crippen LogP contribution is 2.39. The molecule has 2 atom stereocenters. The van der Waals surface area contributed by atoms with Crippen molar-refractivity contribution in [2.75, 3.05) is 25.6 Å². The van der Waals surface area contributed by atoms with Gasteiger partial charge >= 0.3 is 0 Å². The Morgan fingerprint density at radius 1 is 1.31 bits per heavy atom. The predicted octanol–water partition coefficient (Wildman–Crippen LogP) is 2.44. The quantitative estimate of drug-likeness (QED) is 0.610. The van der Waals surface area contributed by atoms with Crippen LogP contribution in [0.1, 0.15) is 52.0 Å². The highest BCUT2D eigenvalue weighted by molar-refractivity contribution is 7.90. The minimum atomic E-state index is -3.72. The normalized spacial score (nSPS) is 20.8. The van der Waals surface area contributed by atoms with Gasteiger partial charge in [-0.1, -0.05) is 6.07 Å². The zero-order valence-corrected chi connectivity index (χ0v) is 19.1. The molecule has 32 heavy (non-hydrogen) atoms. The zero-order chi connectivity index (χ0) is 22.5. The van der Waals surface area contributed by atoms with Crippen molar-refractivity contribution in [3.05, 3.63) is 34.0 Å². The van der Waals surface area contributed by atoms with Gasteiger partial charge in [-0.2, -0.15) is 5.10 Å². The second kappa shape index (κ2) is 8.17. The molecule has 1 aromatic heterocycles. The molecule has 9 nitrogen and oxygen atoms in total. The number of anilines is 1. The minimum Gasteiger partial charge on any atom is -0.477 e. The topological polar surface area (TPSA) is 132 Å². The van der Waals surface area contributed by atoms with Crippen LogP contribution in [0.4, 0.5) is 5.69 Å². The number of nitrogens with two attached hydrogens (primary N) is 1. The van der Waals surface area contributed by atoms with Crippen LogP contribution in [0, 0.1) is 10.7 Å². The summed E-state index contributed by atoms with van der Waals surface area (Å²) in [6.07, 6.45) is 6.83. The molecule has 0 saturated carbocycles. The van der Waals surface area contributed by atoms with Crippen LogP contribution in [0.25, 0.3) is 0 Å². The fourth-order valence-electron chi connectivity index (χ4n) is 5.21. The molecule has 1 amide bonds. The van der Waals surface area contributed by atoms with E-state index in [1.165, 1.54) is 26.9 Å². The van der Waals surface area contributed by atoms with E-state index in [1.54, 1.807) is 7.11 Å². The van der Waals surface area contributed by atoms with Gasteiger partial charge in [0.15, 0.2) is 10.6 Å². The first-order valence-electron chi connectivity index (χ1n) is 11.1. The van der Waals surface area contributed by atoms with Crippen molar-refractivity contribution in [2.45, 2.75) is 56.4 Å². The fraction of sp³-hybridized carbons (Fsp3) is 0.545. The number of rotatable bonds is 6. The molecule has 1 aromatic carbocycles. The van der Waals surface area contributed by atoms with Gasteiger partial charge in [-0.25, -0.2) is 18.8 Å². The number of methoxy groups -OCH3 is 1. The number of carbonyl (C=O) groups is 1. The fourth-order valence-corrected chi connectivity index (χ4v) is 6.05. The van der Waals surface area contributed by atoms with Crippen LogP contribution in [0.15, 0.2) is 11.0 Å². The summed E-state index contributed by atoms with van der Waals surface area (Å²) in [4.78, 5) is 13.3. The number of benzene rings is 1. The molecule has 0 saturated heterocycles. The third-order valence-corrected chi connectivity index (χ3v) is 7.69. The molecule has 4 N–H and O–H groups in total. The Hall–Kier alpha value is -2.43. The molecule has 2 aliphatic carbocycles. The molecule has 0 fully saturated rings. The van der Waals surface area contributed by atoms with Crippen molar-refractivity contribution in [3.8, 4) is 5.88 Å². The van der Waals surface area contributed by atoms with E-state index >= 15 is 0 Å². The molecule has 0 radical (unpaired) electrons. The Bertz CT molecular complexity index is 1160. The van der Waals surface area contributed by atoms with E-state index < -0.39 is 15.8 Å². The summed E-state index contributed by atoms with van der Waals surface area (Å²) in [6, 6.07) is 2.30. The van der Waals surface area contributed by atoms with Gasteiger partial charge in [0.2, 0.25) is 5.88 Å². The first-order chi connectivity index (χ1) is 15.4. The molecule has 172 valence electrons. The second-order valence-corrected chi connectivity index (χ2v) is 10.5. The molecule has 0 spiro atoms. The molecule has 2 unspecified atom stereocenters. The van der Waals surface area contributed by atoms with E-state index in [2.05, 4.69) is 16.5 Å². The van der Waals surface area contributed by atoms with E-state index in [9.17, 15) is 9.00 Å². The Balaban J connectivity index is 1.51. The monoisotopic (exact) mass is 459 g/mol. The van der Waals surface area contributed by atoms with Gasteiger partial charge in [0.05, 0.1) is 13.2 Å². The largest absolute Gasteiger partial charge is 0.477 e. The Labute approximate surface area is 187 Å². The summed E-state index contributed by atoms with van der Waals surface area (Å²) in [5, 5.41) is 13.2. The number of nitrogens with one attached hydrogen (secondary N) is 2. The first kappa shape index (κ1) is 21.4. The van der Waals surface area contributed by atoms with Crippen molar-refractivity contribution in [1.82, 2.24) is 9.78 Å². The number of hydrogen-bond donors (Lipinski definition) is 3. The lowest BCUT2D eigenvalue weighted by Crippen LogP contribution is -2.27. The van der Waals surface area contributed by atoms with Gasteiger partial charge in [-0.3, -0.25) is 4.79 Å². The number of fused-ring (bicyclic) bond motifs is 3. The minimum absolute atomic E-state index is 0.0859. The number of carbonyl (C=O) groups excluding carboxylic acids is 1. The van der Waals surface area contributed by atoms with E-state index in [1.807, 2.05) is 0 Å². The third-order valence-electron chi connectivity index (χ3n) is 6.71. The van der Waals surface area contributed by atoms with Gasteiger partial charge in [-0.15, -0.1) is 0 Å². The number of aromatic nitrogens is 2. The van der Waals surface area contributed by atoms with Gasteiger partial charge < -0.3 is 14.8 Å². The Morgan fingerprint density at radius 2 is 2.00 bits per heavy atom. The summed E-state index contributed by atoms with van der Waals surface area (Å²) >= 11 is 0. The lowest BCUT2D eigenvalue weighted by Gasteiger charge is -2.24. The van der Waals surface area contributed by atoms with Gasteiger partial charge in [0.1, 0.15) is 9.92 Å². The maximum atomic E-state index is 13.4. The van der Waals surface area contributed by atoms with Gasteiger partial charge in [-0.05, 0) is 67.2 Å². The van der Waals surface area contributed by atoms with Crippen LogP contribution in [0.5, 0.6) is 5.88 Å². The van der Waals surface area contributed by atoms with Crippen LogP contribution in [0.3, 0.4) is 0 Å². The van der Waals surface area contributed by atoms with Crippen LogP contribution in [-0.2, 0) is 46.9 Å². The van der Waals surface area contributed by atoms with Crippen LogP contribution in [0.2, 0.25) is 0 Å².